The molecule has 0 bridgehead atoms. The standard InChI is InChI=1S/C20H17N3O4/c1-25-17-9-5-7-15(19(17)26-2)20-21-18(27-22-20)11-23-10-13(12-24)14-6-3-4-8-16(14)23/h3-10,12H,11H2,1-2H3. The summed E-state index contributed by atoms with van der Waals surface area (Å²) in [6, 6.07) is 13.2. The van der Waals surface area contributed by atoms with E-state index in [1.54, 1.807) is 26.5 Å². The molecular formula is C20H17N3O4. The normalized spacial score (nSPS) is 10.9. The van der Waals surface area contributed by atoms with Crippen molar-refractivity contribution in [2.45, 2.75) is 6.54 Å². The molecule has 0 amide bonds. The lowest BCUT2D eigenvalue weighted by Crippen LogP contribution is -1.98. The Hall–Kier alpha value is -3.61. The predicted octanol–water partition coefficient (Wildman–Crippen LogP) is 3.57. The van der Waals surface area contributed by atoms with Gasteiger partial charge in [-0.05, 0) is 18.2 Å². The van der Waals surface area contributed by atoms with Gasteiger partial charge in [0.1, 0.15) is 6.54 Å². The number of hydrogen-bond acceptors (Lipinski definition) is 6. The van der Waals surface area contributed by atoms with E-state index in [0.717, 1.165) is 17.2 Å². The summed E-state index contributed by atoms with van der Waals surface area (Å²) in [5.74, 6) is 1.97. The van der Waals surface area contributed by atoms with Crippen molar-refractivity contribution >= 4 is 17.2 Å². The topological polar surface area (TPSA) is 79.4 Å². The van der Waals surface area contributed by atoms with Crippen LogP contribution in [-0.2, 0) is 6.54 Å². The fourth-order valence-corrected chi connectivity index (χ4v) is 3.14. The summed E-state index contributed by atoms with van der Waals surface area (Å²) in [6.07, 6.45) is 2.63. The molecule has 0 aliphatic rings. The van der Waals surface area contributed by atoms with Crippen molar-refractivity contribution in [3.63, 3.8) is 0 Å². The first kappa shape index (κ1) is 16.8. The molecule has 0 N–H and O–H groups in total. The van der Waals surface area contributed by atoms with Gasteiger partial charge >= 0.3 is 0 Å². The first-order valence-electron chi connectivity index (χ1n) is 8.32. The van der Waals surface area contributed by atoms with Crippen molar-refractivity contribution in [3.05, 3.63) is 60.1 Å². The van der Waals surface area contributed by atoms with E-state index >= 15 is 0 Å². The summed E-state index contributed by atoms with van der Waals surface area (Å²) in [4.78, 5) is 15.8. The molecule has 7 nitrogen and oxygen atoms in total. The Bertz CT molecular complexity index is 1110. The molecule has 0 aliphatic heterocycles. The third kappa shape index (κ3) is 2.93. The average molecular weight is 363 g/mol. The summed E-state index contributed by atoms with van der Waals surface area (Å²) in [7, 11) is 3.14. The molecule has 4 rings (SSSR count). The molecular weight excluding hydrogens is 346 g/mol. The van der Waals surface area contributed by atoms with Crippen LogP contribution in [0.5, 0.6) is 11.5 Å². The van der Waals surface area contributed by atoms with E-state index in [1.807, 2.05) is 41.0 Å². The summed E-state index contributed by atoms with van der Waals surface area (Å²) < 4.78 is 18.1. The zero-order valence-corrected chi connectivity index (χ0v) is 14.9. The number of hydrogen-bond donors (Lipinski definition) is 0. The minimum absolute atomic E-state index is 0.355. The van der Waals surface area contributed by atoms with Crippen molar-refractivity contribution in [2.24, 2.45) is 0 Å². The Balaban J connectivity index is 1.70. The molecule has 4 aromatic rings. The van der Waals surface area contributed by atoms with Gasteiger partial charge in [0.25, 0.3) is 0 Å². The number of rotatable bonds is 6. The van der Waals surface area contributed by atoms with E-state index < -0.39 is 0 Å². The number of aldehydes is 1. The van der Waals surface area contributed by atoms with E-state index in [0.29, 0.717) is 40.9 Å². The monoisotopic (exact) mass is 363 g/mol. The summed E-state index contributed by atoms with van der Waals surface area (Å²) in [5.41, 5.74) is 2.23. The zero-order valence-electron chi connectivity index (χ0n) is 14.9. The number of fused-ring (bicyclic) bond motifs is 1. The number of aromatic nitrogens is 3. The van der Waals surface area contributed by atoms with Gasteiger partial charge in [0, 0.05) is 22.7 Å². The molecule has 0 atom stereocenters. The Morgan fingerprint density at radius 3 is 2.74 bits per heavy atom. The lowest BCUT2D eigenvalue weighted by atomic mass is 10.1. The molecule has 0 unspecified atom stereocenters. The molecule has 0 aliphatic carbocycles. The first-order valence-corrected chi connectivity index (χ1v) is 8.32. The molecule has 0 spiro atoms. The maximum absolute atomic E-state index is 11.3. The van der Waals surface area contributed by atoms with Crippen LogP contribution in [0.3, 0.4) is 0 Å². The molecule has 136 valence electrons. The zero-order chi connectivity index (χ0) is 18.8. The number of carbonyl (C=O) groups excluding carboxylic acids is 1. The molecule has 0 saturated heterocycles. The SMILES string of the molecule is COc1cccc(-c2noc(Cn3cc(C=O)c4ccccc43)n2)c1OC. The predicted molar refractivity (Wildman–Crippen MR) is 99.3 cm³/mol. The van der Waals surface area contributed by atoms with Gasteiger partial charge in [0.15, 0.2) is 17.8 Å². The highest BCUT2D eigenvalue weighted by Gasteiger charge is 2.17. The van der Waals surface area contributed by atoms with Crippen LogP contribution in [0.15, 0.2) is 53.2 Å². The second-order valence-corrected chi connectivity index (χ2v) is 5.90. The molecule has 2 aromatic heterocycles. The second-order valence-electron chi connectivity index (χ2n) is 5.90. The van der Waals surface area contributed by atoms with E-state index in [2.05, 4.69) is 10.1 Å². The summed E-state index contributed by atoms with van der Waals surface area (Å²) in [6.45, 7) is 0.355. The minimum Gasteiger partial charge on any atom is -0.493 e. The van der Waals surface area contributed by atoms with Crippen molar-refractivity contribution in [1.82, 2.24) is 14.7 Å². The van der Waals surface area contributed by atoms with E-state index in [-0.39, 0.29) is 0 Å². The Labute approximate surface area is 155 Å². The molecule has 7 heteroatoms. The van der Waals surface area contributed by atoms with Gasteiger partial charge in [-0.15, -0.1) is 0 Å². The van der Waals surface area contributed by atoms with Crippen molar-refractivity contribution in [2.75, 3.05) is 14.2 Å². The minimum atomic E-state index is 0.355. The fraction of sp³-hybridized carbons (Fsp3) is 0.150. The Kier molecular flexibility index (Phi) is 4.33. The number of para-hydroxylation sites is 2. The molecule has 0 saturated carbocycles. The largest absolute Gasteiger partial charge is 0.493 e. The highest BCUT2D eigenvalue weighted by atomic mass is 16.5. The van der Waals surface area contributed by atoms with Crippen LogP contribution in [-0.4, -0.2) is 35.2 Å². The van der Waals surface area contributed by atoms with Gasteiger partial charge < -0.3 is 18.6 Å². The maximum Gasteiger partial charge on any atom is 0.246 e. The molecule has 2 heterocycles. The second kappa shape index (κ2) is 6.95. The van der Waals surface area contributed by atoms with Gasteiger partial charge in [-0.25, -0.2) is 0 Å². The molecule has 27 heavy (non-hydrogen) atoms. The summed E-state index contributed by atoms with van der Waals surface area (Å²) in [5, 5.41) is 4.96. The third-order valence-corrected chi connectivity index (χ3v) is 4.36. The maximum atomic E-state index is 11.3. The van der Waals surface area contributed by atoms with Crippen LogP contribution in [0, 0.1) is 0 Å². The highest BCUT2D eigenvalue weighted by molar-refractivity contribution is 5.97. The van der Waals surface area contributed by atoms with Crippen LogP contribution in [0.25, 0.3) is 22.3 Å². The number of nitrogens with zero attached hydrogens (tertiary/aromatic N) is 3. The third-order valence-electron chi connectivity index (χ3n) is 4.36. The Morgan fingerprint density at radius 1 is 1.11 bits per heavy atom. The van der Waals surface area contributed by atoms with Crippen LogP contribution in [0.2, 0.25) is 0 Å². The molecule has 0 fully saturated rings. The molecule has 2 aromatic carbocycles. The van der Waals surface area contributed by atoms with Crippen molar-refractivity contribution in [1.29, 1.82) is 0 Å². The van der Waals surface area contributed by atoms with Crippen molar-refractivity contribution < 1.29 is 18.8 Å². The van der Waals surface area contributed by atoms with Crippen LogP contribution in [0.1, 0.15) is 16.2 Å². The van der Waals surface area contributed by atoms with Crippen LogP contribution >= 0.6 is 0 Å². The average Bonchev–Trinajstić information content (AvgIpc) is 3.32. The van der Waals surface area contributed by atoms with E-state index in [1.165, 1.54) is 0 Å². The van der Waals surface area contributed by atoms with Gasteiger partial charge in [0.05, 0.1) is 19.8 Å². The van der Waals surface area contributed by atoms with Gasteiger partial charge in [0.2, 0.25) is 11.7 Å². The van der Waals surface area contributed by atoms with Crippen molar-refractivity contribution in [3.8, 4) is 22.9 Å². The van der Waals surface area contributed by atoms with E-state index in [4.69, 9.17) is 14.0 Å². The number of ether oxygens (including phenoxy) is 2. The first-order chi connectivity index (χ1) is 13.2. The highest BCUT2D eigenvalue weighted by Crippen LogP contribution is 2.36. The smallest absolute Gasteiger partial charge is 0.246 e. The Morgan fingerprint density at radius 2 is 1.96 bits per heavy atom. The van der Waals surface area contributed by atoms with Gasteiger partial charge in [-0.2, -0.15) is 4.98 Å². The lowest BCUT2D eigenvalue weighted by molar-refractivity contribution is 0.112. The number of carbonyl (C=O) groups is 1. The lowest BCUT2D eigenvalue weighted by Gasteiger charge is -2.09. The van der Waals surface area contributed by atoms with Crippen LogP contribution < -0.4 is 9.47 Å². The molecule has 0 radical (unpaired) electrons. The van der Waals surface area contributed by atoms with Gasteiger partial charge in [-0.3, -0.25) is 4.79 Å². The van der Waals surface area contributed by atoms with Gasteiger partial charge in [-0.1, -0.05) is 29.4 Å². The van der Waals surface area contributed by atoms with Crippen LogP contribution in [0.4, 0.5) is 0 Å². The number of benzene rings is 2. The summed E-state index contributed by atoms with van der Waals surface area (Å²) >= 11 is 0. The number of methoxy groups -OCH3 is 2. The fourth-order valence-electron chi connectivity index (χ4n) is 3.14. The van der Waals surface area contributed by atoms with E-state index in [9.17, 15) is 4.79 Å². The quantitative estimate of drug-likeness (QED) is 0.487.